The van der Waals surface area contributed by atoms with Crippen LogP contribution in [0.15, 0.2) is 47.6 Å². The van der Waals surface area contributed by atoms with Crippen LogP contribution in [0.4, 0.5) is 10.5 Å². The highest BCUT2D eigenvalue weighted by molar-refractivity contribution is 8.21. The zero-order valence-corrected chi connectivity index (χ0v) is 16.3. The molecular formula is C16H18ClN3O4S2. The number of anilines is 1. The predicted octanol–water partition coefficient (Wildman–Crippen LogP) is 4.37. The van der Waals surface area contributed by atoms with Crippen molar-refractivity contribution in [2.45, 2.75) is 24.7 Å². The van der Waals surface area contributed by atoms with Gasteiger partial charge in [0.15, 0.2) is 5.75 Å². The number of sulfonamides is 1. The molecule has 0 aliphatic rings. The predicted molar refractivity (Wildman–Crippen MR) is 103 cm³/mol. The van der Waals surface area contributed by atoms with Crippen molar-refractivity contribution in [2.24, 2.45) is 0 Å². The normalized spacial score (nSPS) is 11.0. The van der Waals surface area contributed by atoms with Crippen LogP contribution >= 0.6 is 21.7 Å². The second-order valence-electron chi connectivity index (χ2n) is 5.20. The lowest BCUT2D eigenvalue weighted by atomic mass is 10.3. The second-order valence-corrected chi connectivity index (χ2v) is 7.87. The van der Waals surface area contributed by atoms with Gasteiger partial charge in [0.2, 0.25) is 0 Å². The molecule has 140 valence electrons. The monoisotopic (exact) mass is 415 g/mol. The Morgan fingerprint density at radius 2 is 2.15 bits per heavy atom. The number of nitrogens with one attached hydrogen (secondary N) is 2. The molecule has 0 unspecified atom stereocenters. The van der Waals surface area contributed by atoms with Crippen LogP contribution in [0.5, 0.6) is 11.5 Å². The number of benzene rings is 1. The summed E-state index contributed by atoms with van der Waals surface area (Å²) >= 11 is 0. The molecule has 2 aromatic rings. The SMILES string of the molecule is CCCCNC(=O)S(=O)(=O)Nc1cnccc1Oc1cccc(SCl)c1. The molecule has 0 saturated heterocycles. The first-order valence-electron chi connectivity index (χ1n) is 7.77. The van der Waals surface area contributed by atoms with E-state index in [2.05, 4.69) is 15.0 Å². The molecule has 0 saturated carbocycles. The third-order valence-electron chi connectivity index (χ3n) is 3.19. The highest BCUT2D eigenvalue weighted by Crippen LogP contribution is 2.32. The van der Waals surface area contributed by atoms with Crippen molar-refractivity contribution < 1.29 is 17.9 Å². The van der Waals surface area contributed by atoms with E-state index < -0.39 is 15.3 Å². The van der Waals surface area contributed by atoms with E-state index in [1.807, 2.05) is 6.92 Å². The quantitative estimate of drug-likeness (QED) is 0.621. The number of halogens is 1. The van der Waals surface area contributed by atoms with Gasteiger partial charge in [-0.05, 0) is 46.3 Å². The Balaban J connectivity index is 2.16. The average Bonchev–Trinajstić information content (AvgIpc) is 2.63. The third-order valence-corrected chi connectivity index (χ3v) is 5.28. The van der Waals surface area contributed by atoms with Crippen LogP contribution in [0.1, 0.15) is 19.8 Å². The number of hydrogen-bond acceptors (Lipinski definition) is 6. The lowest BCUT2D eigenvalue weighted by Crippen LogP contribution is -2.34. The molecule has 1 aromatic heterocycles. The van der Waals surface area contributed by atoms with Crippen molar-refractivity contribution in [2.75, 3.05) is 11.3 Å². The Kier molecular flexibility index (Phi) is 7.55. The van der Waals surface area contributed by atoms with Gasteiger partial charge in [0, 0.05) is 23.7 Å². The lowest BCUT2D eigenvalue weighted by molar-refractivity contribution is 0.258. The van der Waals surface area contributed by atoms with Crippen molar-refractivity contribution in [3.63, 3.8) is 0 Å². The topological polar surface area (TPSA) is 97.4 Å². The number of hydrogen-bond donors (Lipinski definition) is 2. The van der Waals surface area contributed by atoms with Gasteiger partial charge in [0.25, 0.3) is 0 Å². The number of ether oxygens (including phenoxy) is 1. The number of carbonyl (C=O) groups excluding carboxylic acids is 1. The summed E-state index contributed by atoms with van der Waals surface area (Å²) in [6.07, 6.45) is 4.26. The van der Waals surface area contributed by atoms with Crippen molar-refractivity contribution in [1.29, 1.82) is 0 Å². The van der Waals surface area contributed by atoms with Gasteiger partial charge >= 0.3 is 15.3 Å². The van der Waals surface area contributed by atoms with Crippen molar-refractivity contribution in [3.8, 4) is 11.5 Å². The maximum absolute atomic E-state index is 12.2. The smallest absolute Gasteiger partial charge is 0.357 e. The maximum Gasteiger partial charge on any atom is 0.357 e. The number of nitrogens with zero attached hydrogens (tertiary/aromatic N) is 1. The molecule has 0 atom stereocenters. The summed E-state index contributed by atoms with van der Waals surface area (Å²) in [5.41, 5.74) is 0.0575. The summed E-state index contributed by atoms with van der Waals surface area (Å²) < 4.78 is 32.3. The molecule has 1 aromatic carbocycles. The Morgan fingerprint density at radius 1 is 1.35 bits per heavy atom. The van der Waals surface area contributed by atoms with E-state index in [-0.39, 0.29) is 18.0 Å². The molecule has 1 amide bonds. The van der Waals surface area contributed by atoms with Gasteiger partial charge in [-0.15, -0.1) is 0 Å². The number of rotatable bonds is 8. The molecule has 1 heterocycles. The van der Waals surface area contributed by atoms with Crippen LogP contribution in [0.3, 0.4) is 0 Å². The zero-order chi connectivity index (χ0) is 19.0. The number of pyridine rings is 1. The van der Waals surface area contributed by atoms with Gasteiger partial charge in [-0.25, -0.2) is 0 Å². The van der Waals surface area contributed by atoms with Crippen LogP contribution < -0.4 is 14.8 Å². The average molecular weight is 416 g/mol. The standard InChI is InChI=1S/C16H18ClN3O4S2/c1-2-3-8-19-16(21)26(22,23)20-14-11-18-9-7-15(14)24-12-5-4-6-13(10-12)25-17/h4-7,9-11,20H,2-3,8H2,1H3,(H,19,21). The van der Waals surface area contributed by atoms with E-state index in [0.717, 1.165) is 22.3 Å². The van der Waals surface area contributed by atoms with Gasteiger partial charge in [-0.1, -0.05) is 19.4 Å². The van der Waals surface area contributed by atoms with E-state index in [9.17, 15) is 13.2 Å². The van der Waals surface area contributed by atoms with Gasteiger partial charge in [-0.2, -0.15) is 8.42 Å². The summed E-state index contributed by atoms with van der Waals surface area (Å²) in [5, 5.41) is 1.26. The van der Waals surface area contributed by atoms with E-state index >= 15 is 0 Å². The Hall–Kier alpha value is -1.97. The van der Waals surface area contributed by atoms with Crippen LogP contribution in [-0.2, 0) is 10.0 Å². The first-order valence-corrected chi connectivity index (χ1v) is 10.9. The largest absolute Gasteiger partial charge is 0.455 e. The van der Waals surface area contributed by atoms with Gasteiger partial charge in [0.05, 0.1) is 6.20 Å². The number of amides is 1. The first-order chi connectivity index (χ1) is 12.5. The molecule has 0 bridgehead atoms. The Labute approximate surface area is 161 Å². The zero-order valence-electron chi connectivity index (χ0n) is 13.9. The fourth-order valence-corrected chi connectivity index (χ4v) is 3.32. The van der Waals surface area contributed by atoms with Crippen molar-refractivity contribution in [1.82, 2.24) is 10.3 Å². The molecule has 0 aliphatic carbocycles. The molecule has 2 N–H and O–H groups in total. The summed E-state index contributed by atoms with van der Waals surface area (Å²) in [6.45, 7) is 2.23. The summed E-state index contributed by atoms with van der Waals surface area (Å²) in [5.74, 6) is 0.677. The number of carbonyl (C=O) groups is 1. The Bertz CT molecular complexity index is 862. The molecule has 10 heteroatoms. The minimum atomic E-state index is -4.27. The summed E-state index contributed by atoms with van der Waals surface area (Å²) in [7, 11) is 2.49. The molecular weight excluding hydrogens is 398 g/mol. The van der Waals surface area contributed by atoms with E-state index in [1.165, 1.54) is 18.5 Å². The van der Waals surface area contributed by atoms with Crippen LogP contribution in [-0.4, -0.2) is 25.2 Å². The summed E-state index contributed by atoms with van der Waals surface area (Å²) in [4.78, 5) is 16.5. The molecule has 2 rings (SSSR count). The number of aromatic nitrogens is 1. The van der Waals surface area contributed by atoms with Gasteiger partial charge in [0.1, 0.15) is 11.4 Å². The lowest BCUT2D eigenvalue weighted by Gasteiger charge is -2.13. The van der Waals surface area contributed by atoms with E-state index in [0.29, 0.717) is 12.2 Å². The minimum Gasteiger partial charge on any atom is -0.455 e. The van der Waals surface area contributed by atoms with Crippen LogP contribution in [0, 0.1) is 0 Å². The van der Waals surface area contributed by atoms with E-state index in [4.69, 9.17) is 15.4 Å². The van der Waals surface area contributed by atoms with Gasteiger partial charge < -0.3 is 10.1 Å². The molecule has 0 aliphatic heterocycles. The molecule has 0 spiro atoms. The van der Waals surface area contributed by atoms with Crippen LogP contribution in [0.25, 0.3) is 0 Å². The first kappa shape index (κ1) is 20.3. The van der Waals surface area contributed by atoms with Crippen molar-refractivity contribution >= 4 is 42.6 Å². The highest BCUT2D eigenvalue weighted by atomic mass is 35.7. The molecule has 0 fully saturated rings. The Morgan fingerprint density at radius 3 is 2.88 bits per heavy atom. The van der Waals surface area contributed by atoms with Gasteiger partial charge in [-0.3, -0.25) is 14.5 Å². The number of unbranched alkanes of at least 4 members (excludes halogenated alkanes) is 1. The molecule has 7 nitrogen and oxygen atoms in total. The molecule has 26 heavy (non-hydrogen) atoms. The second kappa shape index (κ2) is 9.65. The minimum absolute atomic E-state index is 0.0575. The molecule has 0 radical (unpaired) electrons. The maximum atomic E-state index is 12.2. The fourth-order valence-electron chi connectivity index (χ4n) is 1.91. The van der Waals surface area contributed by atoms with E-state index in [1.54, 1.807) is 24.3 Å². The fraction of sp³-hybridized carbons (Fsp3) is 0.250. The third kappa shape index (κ3) is 5.79. The summed E-state index contributed by atoms with van der Waals surface area (Å²) in [6, 6.07) is 8.46. The van der Waals surface area contributed by atoms with Crippen LogP contribution in [0.2, 0.25) is 0 Å². The highest BCUT2D eigenvalue weighted by Gasteiger charge is 2.23. The van der Waals surface area contributed by atoms with Crippen molar-refractivity contribution in [3.05, 3.63) is 42.7 Å².